The first-order chi connectivity index (χ1) is 15.7. The Morgan fingerprint density at radius 2 is 1.72 bits per heavy atom. The molecular weight excluding hydrogens is 406 g/mol. The van der Waals surface area contributed by atoms with Crippen LogP contribution in [0.15, 0.2) is 88.1 Å². The molecule has 3 aromatic carbocycles. The summed E-state index contributed by atoms with van der Waals surface area (Å²) in [5.74, 6) is 0.252. The lowest BCUT2D eigenvalue weighted by atomic mass is 9.98. The fourth-order valence-corrected chi connectivity index (χ4v) is 4.17. The average molecular weight is 427 g/mol. The van der Waals surface area contributed by atoms with Crippen LogP contribution in [0.25, 0.3) is 11.0 Å². The van der Waals surface area contributed by atoms with Gasteiger partial charge < -0.3 is 19.2 Å². The number of aliphatic hydroxyl groups is 1. The molecule has 0 aliphatic carbocycles. The molecule has 6 heteroatoms. The van der Waals surface area contributed by atoms with E-state index in [0.717, 1.165) is 11.1 Å². The summed E-state index contributed by atoms with van der Waals surface area (Å²) in [7, 11) is 0. The van der Waals surface area contributed by atoms with E-state index >= 15 is 0 Å². The summed E-state index contributed by atoms with van der Waals surface area (Å²) in [5.41, 5.74) is 2.18. The molecule has 32 heavy (non-hydrogen) atoms. The number of hydrogen-bond acceptors (Lipinski definition) is 5. The first-order valence-corrected chi connectivity index (χ1v) is 10.4. The van der Waals surface area contributed by atoms with E-state index in [-0.39, 0.29) is 24.3 Å². The van der Waals surface area contributed by atoms with Gasteiger partial charge in [0, 0.05) is 6.54 Å². The first-order valence-electron chi connectivity index (χ1n) is 10.4. The second-order valence-corrected chi connectivity index (χ2v) is 7.64. The van der Waals surface area contributed by atoms with Crippen LogP contribution in [0.4, 0.5) is 0 Å². The third kappa shape index (κ3) is 3.44. The van der Waals surface area contributed by atoms with Gasteiger partial charge in [0.05, 0.1) is 23.6 Å². The molecule has 1 N–H and O–H groups in total. The Morgan fingerprint density at radius 1 is 0.938 bits per heavy atom. The number of ether oxygens (including phenoxy) is 1. The Bertz CT molecular complexity index is 1350. The highest BCUT2D eigenvalue weighted by atomic mass is 16.5. The zero-order valence-electron chi connectivity index (χ0n) is 17.2. The molecule has 0 bridgehead atoms. The van der Waals surface area contributed by atoms with Crippen LogP contribution >= 0.6 is 0 Å². The minimum atomic E-state index is -0.661. The van der Waals surface area contributed by atoms with Crippen molar-refractivity contribution in [3.8, 4) is 5.75 Å². The summed E-state index contributed by atoms with van der Waals surface area (Å²) in [5, 5.41) is 10.0. The Morgan fingerprint density at radius 3 is 2.53 bits per heavy atom. The number of carbonyl (C=O) groups is 1. The SMILES string of the molecule is O=C1c2oc3ccccc3c(=O)c2C(c2cccc(OCc3ccccc3)c2)N1CCO. The summed E-state index contributed by atoms with van der Waals surface area (Å²) in [6, 6.07) is 23.4. The summed E-state index contributed by atoms with van der Waals surface area (Å²) in [6.07, 6.45) is 0. The third-order valence-electron chi connectivity index (χ3n) is 5.64. The van der Waals surface area contributed by atoms with Gasteiger partial charge in [0.1, 0.15) is 17.9 Å². The molecule has 1 unspecified atom stereocenters. The number of carbonyl (C=O) groups excluding carboxylic acids is 1. The molecule has 4 aromatic rings. The second kappa shape index (κ2) is 8.32. The highest BCUT2D eigenvalue weighted by molar-refractivity contribution is 5.99. The summed E-state index contributed by atoms with van der Waals surface area (Å²) in [4.78, 5) is 28.0. The van der Waals surface area contributed by atoms with Gasteiger partial charge >= 0.3 is 0 Å². The maximum absolute atomic E-state index is 13.4. The van der Waals surface area contributed by atoms with Gasteiger partial charge in [0.2, 0.25) is 5.76 Å². The Balaban J connectivity index is 1.57. The standard InChI is InChI=1S/C26H21NO5/c28-14-13-27-23(18-9-6-10-19(15-18)31-16-17-7-2-1-3-8-17)22-24(29)20-11-4-5-12-21(20)32-25(22)26(27)30/h1-12,15,23,28H,13-14,16H2. The lowest BCUT2D eigenvalue weighted by Crippen LogP contribution is -2.32. The van der Waals surface area contributed by atoms with Crippen molar-refractivity contribution < 1.29 is 19.1 Å². The Hall–Kier alpha value is -3.90. The van der Waals surface area contributed by atoms with Crippen molar-refractivity contribution >= 4 is 16.9 Å². The molecule has 160 valence electrons. The Kier molecular flexibility index (Phi) is 5.21. The highest BCUT2D eigenvalue weighted by Crippen LogP contribution is 2.38. The quantitative estimate of drug-likeness (QED) is 0.505. The zero-order valence-corrected chi connectivity index (χ0v) is 17.2. The van der Waals surface area contributed by atoms with Gasteiger partial charge in [-0.1, -0.05) is 54.6 Å². The molecule has 0 saturated carbocycles. The number of nitrogens with zero attached hydrogens (tertiary/aromatic N) is 1. The predicted octanol–water partition coefficient (Wildman–Crippen LogP) is 3.91. The maximum atomic E-state index is 13.4. The fraction of sp³-hybridized carbons (Fsp3) is 0.154. The third-order valence-corrected chi connectivity index (χ3v) is 5.64. The molecule has 0 radical (unpaired) electrons. The highest BCUT2D eigenvalue weighted by Gasteiger charge is 2.42. The summed E-state index contributed by atoms with van der Waals surface area (Å²) >= 11 is 0. The van der Waals surface area contributed by atoms with E-state index in [4.69, 9.17) is 9.15 Å². The van der Waals surface area contributed by atoms with Crippen LogP contribution in [0.3, 0.4) is 0 Å². The molecule has 1 aromatic heterocycles. The topological polar surface area (TPSA) is 80.0 Å². The molecule has 1 aliphatic rings. The molecule has 1 aliphatic heterocycles. The van der Waals surface area contributed by atoms with Crippen LogP contribution in [0.5, 0.6) is 5.75 Å². The molecule has 1 amide bonds. The van der Waals surface area contributed by atoms with E-state index in [2.05, 4.69) is 0 Å². The van der Waals surface area contributed by atoms with Crippen LogP contribution < -0.4 is 10.2 Å². The van der Waals surface area contributed by atoms with Gasteiger partial charge in [0.25, 0.3) is 5.91 Å². The largest absolute Gasteiger partial charge is 0.489 e. The van der Waals surface area contributed by atoms with Crippen molar-refractivity contribution in [2.75, 3.05) is 13.2 Å². The number of benzene rings is 3. The molecule has 0 fully saturated rings. The zero-order chi connectivity index (χ0) is 22.1. The molecule has 2 heterocycles. The van der Waals surface area contributed by atoms with E-state index in [1.807, 2.05) is 54.6 Å². The molecular formula is C26H21NO5. The number of hydrogen-bond donors (Lipinski definition) is 1. The number of amides is 1. The van der Waals surface area contributed by atoms with E-state index in [9.17, 15) is 14.7 Å². The Labute approximate surface area is 184 Å². The molecule has 0 spiro atoms. The minimum Gasteiger partial charge on any atom is -0.489 e. The minimum absolute atomic E-state index is 0.0303. The van der Waals surface area contributed by atoms with Crippen LogP contribution in [0.1, 0.15) is 33.3 Å². The van der Waals surface area contributed by atoms with Crippen LogP contribution in [0.2, 0.25) is 0 Å². The van der Waals surface area contributed by atoms with Gasteiger partial charge in [-0.05, 0) is 35.4 Å². The van der Waals surface area contributed by atoms with Crippen LogP contribution in [-0.2, 0) is 6.61 Å². The number of fused-ring (bicyclic) bond motifs is 2. The van der Waals surface area contributed by atoms with E-state index < -0.39 is 11.9 Å². The average Bonchev–Trinajstić information content (AvgIpc) is 3.11. The fourth-order valence-electron chi connectivity index (χ4n) is 4.17. The van der Waals surface area contributed by atoms with Gasteiger partial charge in [-0.15, -0.1) is 0 Å². The number of β-amino-alcohol motifs (C(OH)–C–C–N with tert-alkyl or cyclic N) is 1. The van der Waals surface area contributed by atoms with Crippen molar-refractivity contribution in [1.29, 1.82) is 0 Å². The molecule has 0 saturated heterocycles. The molecule has 1 atom stereocenters. The van der Waals surface area contributed by atoms with Gasteiger partial charge in [-0.25, -0.2) is 0 Å². The number of aliphatic hydroxyl groups excluding tert-OH is 1. The number of rotatable bonds is 6. The summed E-state index contributed by atoms with van der Waals surface area (Å²) in [6.45, 7) is 0.254. The van der Waals surface area contributed by atoms with Crippen molar-refractivity contribution in [1.82, 2.24) is 4.90 Å². The van der Waals surface area contributed by atoms with Gasteiger partial charge in [-0.3, -0.25) is 9.59 Å². The first kappa shape index (κ1) is 20.0. The van der Waals surface area contributed by atoms with Crippen molar-refractivity contribution in [2.24, 2.45) is 0 Å². The normalized spacial score (nSPS) is 15.2. The number of para-hydroxylation sites is 1. The van der Waals surface area contributed by atoms with E-state index in [1.54, 1.807) is 24.3 Å². The van der Waals surface area contributed by atoms with Gasteiger partial charge in [0.15, 0.2) is 5.43 Å². The van der Waals surface area contributed by atoms with E-state index in [0.29, 0.717) is 28.9 Å². The molecule has 5 rings (SSSR count). The smallest absolute Gasteiger partial charge is 0.290 e. The van der Waals surface area contributed by atoms with E-state index in [1.165, 1.54) is 4.90 Å². The lowest BCUT2D eigenvalue weighted by Gasteiger charge is -2.24. The predicted molar refractivity (Wildman–Crippen MR) is 120 cm³/mol. The lowest BCUT2D eigenvalue weighted by molar-refractivity contribution is 0.0691. The summed E-state index contributed by atoms with van der Waals surface area (Å²) < 4.78 is 11.8. The van der Waals surface area contributed by atoms with Crippen molar-refractivity contribution in [2.45, 2.75) is 12.6 Å². The van der Waals surface area contributed by atoms with Gasteiger partial charge in [-0.2, -0.15) is 0 Å². The van der Waals surface area contributed by atoms with Crippen molar-refractivity contribution in [3.05, 3.63) is 112 Å². The monoisotopic (exact) mass is 427 g/mol. The molecule has 6 nitrogen and oxygen atoms in total. The van der Waals surface area contributed by atoms with Crippen LogP contribution in [0, 0.1) is 0 Å². The maximum Gasteiger partial charge on any atom is 0.290 e. The van der Waals surface area contributed by atoms with Crippen LogP contribution in [-0.4, -0.2) is 29.1 Å². The van der Waals surface area contributed by atoms with Crippen molar-refractivity contribution in [3.63, 3.8) is 0 Å². The second-order valence-electron chi connectivity index (χ2n) is 7.64.